The van der Waals surface area contributed by atoms with Gasteiger partial charge in [-0.2, -0.15) is 0 Å². The second kappa shape index (κ2) is 6.90. The van der Waals surface area contributed by atoms with Gasteiger partial charge in [0.15, 0.2) is 0 Å². The lowest BCUT2D eigenvalue weighted by molar-refractivity contribution is 0.0760. The lowest BCUT2D eigenvalue weighted by Gasteiger charge is -2.31. The molecule has 0 aromatic rings. The average Bonchev–Trinajstić information content (AvgIpc) is 2.66. The molecule has 1 saturated carbocycles. The van der Waals surface area contributed by atoms with Gasteiger partial charge in [0.25, 0.3) is 0 Å². The van der Waals surface area contributed by atoms with E-state index in [1.54, 1.807) is 0 Å². The van der Waals surface area contributed by atoms with Crippen molar-refractivity contribution in [3.8, 4) is 0 Å². The van der Waals surface area contributed by atoms with Crippen LogP contribution in [0.1, 0.15) is 39.0 Å². The van der Waals surface area contributed by atoms with E-state index in [2.05, 4.69) is 39.2 Å². The number of hydrogen-bond acceptors (Lipinski definition) is 1. The van der Waals surface area contributed by atoms with Crippen LogP contribution in [0.5, 0.6) is 0 Å². The monoisotopic (exact) mass is 268 g/mol. The van der Waals surface area contributed by atoms with Gasteiger partial charge in [-0.25, -0.2) is 0 Å². The standard InChI is InChI=1S/C16H32OSi/c1-6-8-9-16(17)14-11-10-13(7-2)15(14)12-18(3,4)5/h7,13-17H,2,6,8-12H2,1,3-5H3. The fourth-order valence-corrected chi connectivity index (χ4v) is 5.56. The second-order valence-electron chi connectivity index (χ2n) is 7.28. The highest BCUT2D eigenvalue weighted by Gasteiger charge is 2.40. The fraction of sp³-hybridized carbons (Fsp3) is 0.875. The number of unbranched alkanes of at least 4 members (excludes halogenated alkanes) is 1. The molecule has 0 spiro atoms. The molecule has 1 nitrogen and oxygen atoms in total. The molecule has 1 rings (SSSR count). The number of hydrogen-bond donors (Lipinski definition) is 1. The number of aliphatic hydroxyl groups is 1. The van der Waals surface area contributed by atoms with Crippen molar-refractivity contribution in [3.05, 3.63) is 12.7 Å². The summed E-state index contributed by atoms with van der Waals surface area (Å²) in [5.74, 6) is 1.88. The quantitative estimate of drug-likeness (QED) is 0.524. The summed E-state index contributed by atoms with van der Waals surface area (Å²) in [6.07, 6.45) is 7.87. The van der Waals surface area contributed by atoms with E-state index in [-0.39, 0.29) is 6.10 Å². The molecular formula is C16H32OSi. The molecule has 4 unspecified atom stereocenters. The molecule has 0 aromatic carbocycles. The van der Waals surface area contributed by atoms with E-state index in [4.69, 9.17) is 0 Å². The maximum Gasteiger partial charge on any atom is 0.0571 e. The zero-order valence-corrected chi connectivity index (χ0v) is 13.8. The maximum absolute atomic E-state index is 10.4. The van der Waals surface area contributed by atoms with Crippen molar-refractivity contribution < 1.29 is 5.11 Å². The lowest BCUT2D eigenvalue weighted by Crippen LogP contribution is -2.32. The minimum Gasteiger partial charge on any atom is -0.393 e. The van der Waals surface area contributed by atoms with Gasteiger partial charge in [-0.05, 0) is 37.0 Å². The van der Waals surface area contributed by atoms with Gasteiger partial charge in [-0.15, -0.1) is 6.58 Å². The molecule has 1 fully saturated rings. The van der Waals surface area contributed by atoms with Gasteiger partial charge >= 0.3 is 0 Å². The predicted molar refractivity (Wildman–Crippen MR) is 83.6 cm³/mol. The van der Waals surface area contributed by atoms with Crippen molar-refractivity contribution in [3.63, 3.8) is 0 Å². The Bertz CT molecular complexity index is 256. The highest BCUT2D eigenvalue weighted by molar-refractivity contribution is 6.76. The fourth-order valence-electron chi connectivity index (χ4n) is 3.54. The first kappa shape index (κ1) is 16.0. The van der Waals surface area contributed by atoms with Crippen molar-refractivity contribution in [1.29, 1.82) is 0 Å². The Hall–Kier alpha value is -0.0831. The summed E-state index contributed by atoms with van der Waals surface area (Å²) >= 11 is 0. The topological polar surface area (TPSA) is 20.2 Å². The van der Waals surface area contributed by atoms with Gasteiger partial charge < -0.3 is 5.11 Å². The van der Waals surface area contributed by atoms with Gasteiger partial charge in [-0.3, -0.25) is 0 Å². The minimum absolute atomic E-state index is 0.0729. The Morgan fingerprint density at radius 1 is 1.33 bits per heavy atom. The number of rotatable bonds is 7. The first-order valence-electron chi connectivity index (χ1n) is 7.69. The molecular weight excluding hydrogens is 236 g/mol. The highest BCUT2D eigenvalue weighted by atomic mass is 28.3. The highest BCUT2D eigenvalue weighted by Crippen LogP contribution is 2.44. The molecule has 106 valence electrons. The van der Waals surface area contributed by atoms with Gasteiger partial charge in [0.05, 0.1) is 6.10 Å². The Balaban J connectivity index is 2.67. The van der Waals surface area contributed by atoms with Crippen molar-refractivity contribution in [2.45, 2.75) is 70.8 Å². The zero-order chi connectivity index (χ0) is 13.8. The SMILES string of the molecule is C=CC1CCC(C(O)CCCC)C1C[Si](C)(C)C. The van der Waals surface area contributed by atoms with Gasteiger partial charge in [-0.1, -0.05) is 51.5 Å². The van der Waals surface area contributed by atoms with Crippen LogP contribution >= 0.6 is 0 Å². The van der Waals surface area contributed by atoms with Crippen LogP contribution in [0.25, 0.3) is 0 Å². The lowest BCUT2D eigenvalue weighted by atomic mass is 9.85. The van der Waals surface area contributed by atoms with Crippen LogP contribution in [-0.2, 0) is 0 Å². The molecule has 0 radical (unpaired) electrons. The molecule has 0 heterocycles. The molecule has 0 aromatic heterocycles. The second-order valence-corrected chi connectivity index (χ2v) is 12.8. The van der Waals surface area contributed by atoms with Crippen LogP contribution in [0, 0.1) is 17.8 Å². The van der Waals surface area contributed by atoms with Crippen molar-refractivity contribution in [1.82, 2.24) is 0 Å². The summed E-state index contributed by atoms with van der Waals surface area (Å²) < 4.78 is 0. The van der Waals surface area contributed by atoms with E-state index in [0.29, 0.717) is 17.8 Å². The van der Waals surface area contributed by atoms with E-state index >= 15 is 0 Å². The van der Waals surface area contributed by atoms with Gasteiger partial charge in [0.1, 0.15) is 0 Å². The van der Waals surface area contributed by atoms with E-state index < -0.39 is 8.07 Å². The van der Waals surface area contributed by atoms with Crippen LogP contribution in [0.3, 0.4) is 0 Å². The van der Waals surface area contributed by atoms with Crippen LogP contribution in [0.15, 0.2) is 12.7 Å². The van der Waals surface area contributed by atoms with E-state index in [9.17, 15) is 5.11 Å². The van der Waals surface area contributed by atoms with Crippen LogP contribution in [-0.4, -0.2) is 19.3 Å². The first-order chi connectivity index (χ1) is 8.39. The van der Waals surface area contributed by atoms with Crippen LogP contribution < -0.4 is 0 Å². The minimum atomic E-state index is -1.06. The van der Waals surface area contributed by atoms with Gasteiger partial charge in [0, 0.05) is 8.07 Å². The molecule has 0 amide bonds. The van der Waals surface area contributed by atoms with E-state index in [1.165, 1.54) is 25.3 Å². The summed E-state index contributed by atoms with van der Waals surface area (Å²) in [4.78, 5) is 0. The summed E-state index contributed by atoms with van der Waals surface area (Å²) in [7, 11) is -1.06. The van der Waals surface area contributed by atoms with Crippen molar-refractivity contribution in [2.24, 2.45) is 17.8 Å². The Morgan fingerprint density at radius 2 is 2.00 bits per heavy atom. The first-order valence-corrected chi connectivity index (χ1v) is 11.4. The third-order valence-electron chi connectivity index (χ3n) is 4.43. The maximum atomic E-state index is 10.4. The molecule has 1 N–H and O–H groups in total. The smallest absolute Gasteiger partial charge is 0.0571 e. The predicted octanol–water partition coefficient (Wildman–Crippen LogP) is 4.70. The summed E-state index contributed by atoms with van der Waals surface area (Å²) in [6.45, 7) is 13.6. The molecule has 1 aliphatic carbocycles. The average molecular weight is 269 g/mol. The van der Waals surface area contributed by atoms with Crippen molar-refractivity contribution >= 4 is 8.07 Å². The van der Waals surface area contributed by atoms with Crippen LogP contribution in [0.4, 0.5) is 0 Å². The van der Waals surface area contributed by atoms with Crippen molar-refractivity contribution in [2.75, 3.05) is 0 Å². The Labute approximate surface area is 115 Å². The largest absolute Gasteiger partial charge is 0.393 e. The summed E-state index contributed by atoms with van der Waals surface area (Å²) in [6, 6.07) is 1.34. The number of aliphatic hydroxyl groups excluding tert-OH is 1. The van der Waals surface area contributed by atoms with Gasteiger partial charge in [0.2, 0.25) is 0 Å². The van der Waals surface area contributed by atoms with Crippen LogP contribution in [0.2, 0.25) is 25.7 Å². The number of allylic oxidation sites excluding steroid dienone is 1. The molecule has 0 saturated heterocycles. The van der Waals surface area contributed by atoms with E-state index in [1.807, 2.05) is 0 Å². The third kappa shape index (κ3) is 4.54. The molecule has 18 heavy (non-hydrogen) atoms. The van der Waals surface area contributed by atoms with E-state index in [0.717, 1.165) is 12.8 Å². The Morgan fingerprint density at radius 3 is 2.50 bits per heavy atom. The molecule has 4 atom stereocenters. The summed E-state index contributed by atoms with van der Waals surface area (Å²) in [5, 5.41) is 10.4. The molecule has 0 bridgehead atoms. The normalized spacial score (nSPS) is 30.4. The molecule has 0 aliphatic heterocycles. The summed E-state index contributed by atoms with van der Waals surface area (Å²) in [5.41, 5.74) is 0. The zero-order valence-electron chi connectivity index (χ0n) is 12.8. The third-order valence-corrected chi connectivity index (χ3v) is 6.13. The molecule has 2 heteroatoms. The molecule has 1 aliphatic rings. The Kier molecular flexibility index (Phi) is 6.13.